The van der Waals surface area contributed by atoms with Crippen LogP contribution in [0.1, 0.15) is 18.2 Å². The van der Waals surface area contributed by atoms with Crippen molar-refractivity contribution in [3.05, 3.63) is 41.5 Å². The fourth-order valence-corrected chi connectivity index (χ4v) is 3.90. The molecule has 1 aromatic carbocycles. The quantitative estimate of drug-likeness (QED) is 0.526. The topological polar surface area (TPSA) is 109 Å². The number of aromatic nitrogens is 2. The van der Waals surface area contributed by atoms with Crippen LogP contribution in [0.4, 0.5) is 25.4 Å². The van der Waals surface area contributed by atoms with E-state index in [1.54, 1.807) is 21.8 Å². The maximum absolute atomic E-state index is 14.9. The molecule has 0 aliphatic carbocycles. The summed E-state index contributed by atoms with van der Waals surface area (Å²) in [5.41, 5.74) is 2.64. The highest BCUT2D eigenvalue weighted by molar-refractivity contribution is 6.13. The zero-order valence-electron chi connectivity index (χ0n) is 17.2. The third-order valence-corrected chi connectivity index (χ3v) is 5.34. The highest BCUT2D eigenvalue weighted by atomic mass is 35.5. The highest BCUT2D eigenvalue weighted by Gasteiger charge is 2.36. The third kappa shape index (κ3) is 4.18. The Morgan fingerprint density at radius 1 is 1.41 bits per heavy atom. The van der Waals surface area contributed by atoms with E-state index in [0.717, 1.165) is 23.1 Å². The monoisotopic (exact) mass is 466 g/mol. The predicted molar refractivity (Wildman–Crippen MR) is 110 cm³/mol. The number of halogens is 2. The number of anilines is 2. The van der Waals surface area contributed by atoms with Gasteiger partial charge in [-0.25, -0.2) is 18.9 Å². The minimum atomic E-state index is -1.04. The number of hydrogen-bond donors (Lipinski definition) is 1. The molecule has 3 heterocycles. The summed E-state index contributed by atoms with van der Waals surface area (Å²) in [5.74, 6) is -1.11. The number of aryl methyl sites for hydroxylation is 1. The molecule has 170 valence electrons. The fourth-order valence-electron chi connectivity index (χ4n) is 3.83. The van der Waals surface area contributed by atoms with Gasteiger partial charge in [0.2, 0.25) is 5.91 Å². The summed E-state index contributed by atoms with van der Waals surface area (Å²) in [5, 5.41) is 4.37. The molecule has 0 bridgehead atoms. The molecule has 13 heteroatoms. The summed E-state index contributed by atoms with van der Waals surface area (Å²) in [6.07, 6.45) is -0.672. The number of carbonyl (C=O) groups is 3. The Hall–Kier alpha value is -3.38. The molecule has 1 atom stereocenters. The van der Waals surface area contributed by atoms with Gasteiger partial charge < -0.3 is 14.5 Å². The van der Waals surface area contributed by atoms with E-state index in [9.17, 15) is 18.8 Å². The van der Waals surface area contributed by atoms with Gasteiger partial charge in [-0.1, -0.05) is 5.00 Å². The lowest BCUT2D eigenvalue weighted by Gasteiger charge is -2.21. The SMILES string of the molecule is CC(=O)N(C[C@H]1CN(c2ccc(N3Cc4cn(C)nc4C3)c(F)c2)C(=O)O1)C(=O)ONCl. The number of fused-ring (bicyclic) bond motifs is 1. The zero-order chi connectivity index (χ0) is 23.0. The standard InChI is InChI=1S/C19H20ClFN6O5/c1-11(28)26(19(30)32-23-20)8-14-9-27(18(29)31-14)13-3-4-17(15(21)5-13)25-7-12-6-24(2)22-16(12)10-25/h3-6,14,23H,7-10H2,1-2H3/t14-/m0/s1. The lowest BCUT2D eigenvalue weighted by atomic mass is 10.2. The molecule has 1 N–H and O–H groups in total. The molecule has 0 spiro atoms. The van der Waals surface area contributed by atoms with Crippen LogP contribution in [0.3, 0.4) is 0 Å². The van der Waals surface area contributed by atoms with E-state index in [2.05, 4.69) is 9.94 Å². The van der Waals surface area contributed by atoms with Crippen molar-refractivity contribution < 1.29 is 28.3 Å². The first-order valence-corrected chi connectivity index (χ1v) is 10.0. The Balaban J connectivity index is 1.44. The first-order chi connectivity index (χ1) is 15.3. The van der Waals surface area contributed by atoms with Gasteiger partial charge in [0.15, 0.2) is 0 Å². The van der Waals surface area contributed by atoms with Crippen molar-refractivity contribution in [2.45, 2.75) is 26.1 Å². The van der Waals surface area contributed by atoms with Crippen molar-refractivity contribution in [2.24, 2.45) is 7.05 Å². The van der Waals surface area contributed by atoms with Gasteiger partial charge in [-0.3, -0.25) is 14.4 Å². The van der Waals surface area contributed by atoms with Gasteiger partial charge in [-0.05, 0) is 18.2 Å². The molecule has 0 radical (unpaired) electrons. The van der Waals surface area contributed by atoms with Crippen LogP contribution < -0.4 is 14.8 Å². The van der Waals surface area contributed by atoms with Crippen LogP contribution in [0.25, 0.3) is 0 Å². The van der Waals surface area contributed by atoms with Crippen molar-refractivity contribution in [3.63, 3.8) is 0 Å². The number of nitrogens with zero attached hydrogens (tertiary/aromatic N) is 5. The molecule has 4 rings (SSSR count). The molecule has 32 heavy (non-hydrogen) atoms. The molecule has 2 aromatic rings. The minimum Gasteiger partial charge on any atom is -0.442 e. The number of amides is 3. The number of carbonyl (C=O) groups excluding carboxylic acids is 3. The Labute approximate surface area is 187 Å². The number of ether oxygens (including phenoxy) is 1. The van der Waals surface area contributed by atoms with Gasteiger partial charge in [-0.2, -0.15) is 5.10 Å². The Bertz CT molecular complexity index is 1050. The lowest BCUT2D eigenvalue weighted by Crippen LogP contribution is -2.43. The second kappa shape index (κ2) is 8.63. The molecule has 0 saturated carbocycles. The van der Waals surface area contributed by atoms with E-state index < -0.39 is 30.0 Å². The number of benzene rings is 1. The molecular formula is C19H20ClFN6O5. The number of cyclic esters (lactones) is 1. The fraction of sp³-hybridized carbons (Fsp3) is 0.368. The van der Waals surface area contributed by atoms with Crippen molar-refractivity contribution >= 4 is 41.2 Å². The van der Waals surface area contributed by atoms with Crippen molar-refractivity contribution in [3.8, 4) is 0 Å². The molecule has 0 unspecified atom stereocenters. The van der Waals surface area contributed by atoms with E-state index in [1.165, 1.54) is 11.0 Å². The van der Waals surface area contributed by atoms with Crippen molar-refractivity contribution in [1.82, 2.24) is 19.7 Å². The summed E-state index contributed by atoms with van der Waals surface area (Å²) in [6.45, 7) is 1.97. The van der Waals surface area contributed by atoms with E-state index in [-0.39, 0.29) is 13.1 Å². The van der Waals surface area contributed by atoms with Gasteiger partial charge >= 0.3 is 12.2 Å². The Morgan fingerprint density at radius 2 is 2.19 bits per heavy atom. The van der Waals surface area contributed by atoms with Crippen molar-refractivity contribution in [1.29, 1.82) is 0 Å². The van der Waals surface area contributed by atoms with Crippen LogP contribution in [0, 0.1) is 5.82 Å². The van der Waals surface area contributed by atoms with E-state index in [0.29, 0.717) is 24.5 Å². The molecule has 1 aromatic heterocycles. The summed E-state index contributed by atoms with van der Waals surface area (Å²) in [4.78, 5) is 45.8. The molecule has 3 amide bonds. The molecule has 11 nitrogen and oxygen atoms in total. The average molecular weight is 467 g/mol. The Kier molecular flexibility index (Phi) is 5.89. The second-order valence-corrected chi connectivity index (χ2v) is 7.61. The highest BCUT2D eigenvalue weighted by Crippen LogP contribution is 2.32. The van der Waals surface area contributed by atoms with Gasteiger partial charge in [0.25, 0.3) is 0 Å². The summed E-state index contributed by atoms with van der Waals surface area (Å²) in [7, 11) is 1.84. The third-order valence-electron chi connectivity index (χ3n) is 5.26. The van der Waals surface area contributed by atoms with E-state index >= 15 is 0 Å². The van der Waals surface area contributed by atoms with Gasteiger partial charge in [0.1, 0.15) is 11.9 Å². The number of imide groups is 1. The summed E-state index contributed by atoms with van der Waals surface area (Å²) >= 11 is 5.12. The first-order valence-electron chi connectivity index (χ1n) is 9.65. The van der Waals surface area contributed by atoms with Gasteiger partial charge in [-0.15, -0.1) is 0 Å². The van der Waals surface area contributed by atoms with Crippen LogP contribution in [-0.2, 0) is 34.5 Å². The van der Waals surface area contributed by atoms with Crippen LogP contribution in [-0.4, -0.2) is 52.0 Å². The molecule has 1 fully saturated rings. The molecule has 2 aliphatic rings. The second-order valence-electron chi connectivity index (χ2n) is 7.46. The number of nitrogens with one attached hydrogen (secondary N) is 1. The largest absolute Gasteiger partial charge is 0.442 e. The van der Waals surface area contributed by atoms with E-state index in [1.807, 2.05) is 18.1 Å². The predicted octanol–water partition coefficient (Wildman–Crippen LogP) is 2.05. The normalized spacial score (nSPS) is 17.4. The van der Waals surface area contributed by atoms with Crippen LogP contribution in [0.15, 0.2) is 24.4 Å². The van der Waals surface area contributed by atoms with Gasteiger partial charge in [0.05, 0.1) is 36.7 Å². The smallest absolute Gasteiger partial charge is 0.436 e. The molecule has 1 saturated heterocycles. The minimum absolute atomic E-state index is 0.0166. The van der Waals surface area contributed by atoms with Crippen LogP contribution >= 0.6 is 11.8 Å². The maximum Gasteiger partial charge on any atom is 0.436 e. The summed E-state index contributed by atoms with van der Waals surface area (Å²) in [6, 6.07) is 4.47. The first kappa shape index (κ1) is 21.8. The molecular weight excluding hydrogens is 447 g/mol. The number of hydrogen-bond acceptors (Lipinski definition) is 8. The summed E-state index contributed by atoms with van der Waals surface area (Å²) < 4.78 is 21.9. The lowest BCUT2D eigenvalue weighted by molar-refractivity contribution is -0.128. The van der Waals surface area contributed by atoms with Crippen molar-refractivity contribution in [2.75, 3.05) is 22.9 Å². The Morgan fingerprint density at radius 3 is 2.84 bits per heavy atom. The average Bonchev–Trinajstić information content (AvgIpc) is 3.38. The zero-order valence-corrected chi connectivity index (χ0v) is 18.0. The maximum atomic E-state index is 14.9. The van der Waals surface area contributed by atoms with Gasteiger partial charge in [0, 0.05) is 44.1 Å². The number of rotatable bonds is 5. The van der Waals surface area contributed by atoms with Crippen LogP contribution in [0.2, 0.25) is 0 Å². The van der Waals surface area contributed by atoms with E-state index in [4.69, 9.17) is 16.5 Å². The van der Waals surface area contributed by atoms with Crippen LogP contribution in [0.5, 0.6) is 0 Å². The molecule has 2 aliphatic heterocycles.